The number of esters is 4. The van der Waals surface area contributed by atoms with Crippen LogP contribution in [0.15, 0.2) is 0 Å². The number of aliphatic hydroxyl groups excluding tert-OH is 1. The number of phosphoric acid groups is 2. The highest BCUT2D eigenvalue weighted by atomic mass is 31.2. The van der Waals surface area contributed by atoms with Crippen molar-refractivity contribution in [3.05, 3.63) is 0 Å². The van der Waals surface area contributed by atoms with Crippen molar-refractivity contribution in [2.24, 2.45) is 5.92 Å². The van der Waals surface area contributed by atoms with Gasteiger partial charge in [-0.25, -0.2) is 9.13 Å². The van der Waals surface area contributed by atoms with Gasteiger partial charge in [0.15, 0.2) is 12.2 Å². The van der Waals surface area contributed by atoms with Crippen molar-refractivity contribution in [3.8, 4) is 0 Å². The monoisotopic (exact) mass is 1480 g/mol. The average Bonchev–Trinajstić information content (AvgIpc) is 1.000. The Morgan fingerprint density at radius 3 is 0.673 bits per heavy atom. The smallest absolute Gasteiger partial charge is 0.462 e. The van der Waals surface area contributed by atoms with Gasteiger partial charge in [0.05, 0.1) is 26.4 Å². The standard InChI is InChI=1S/C82H160O17P2/c1-6-9-12-15-18-21-24-26-27-28-29-30-31-32-33-34-39-43-48-53-58-63-68-82(87)99-78(72-93-80(85)66-61-56-51-46-42-38-36-35-37-40-44-49-54-59-64-75(4)5)74-97-101(90,91)95-70-76(83)69-94-100(88,89)96-73-77(71-92-79(84)65-60-55-50-45-23-20-17-14-11-8-3)98-81(86)67-62-57-52-47-41-25-22-19-16-13-10-7-2/h75-78,83H,6-74H2,1-5H3,(H,88,89)(H,90,91)/t76-,77+,78+/m0/s1. The van der Waals surface area contributed by atoms with Gasteiger partial charge in [0.25, 0.3) is 0 Å². The van der Waals surface area contributed by atoms with E-state index in [1.165, 1.54) is 263 Å². The van der Waals surface area contributed by atoms with E-state index in [0.717, 1.165) is 95.8 Å². The quantitative estimate of drug-likeness (QED) is 0.0222. The Balaban J connectivity index is 5.20. The van der Waals surface area contributed by atoms with Gasteiger partial charge in [0.2, 0.25) is 0 Å². The van der Waals surface area contributed by atoms with E-state index in [4.69, 9.17) is 37.0 Å². The lowest BCUT2D eigenvalue weighted by atomic mass is 10.0. The minimum Gasteiger partial charge on any atom is -0.462 e. The van der Waals surface area contributed by atoms with Crippen LogP contribution in [0.25, 0.3) is 0 Å². The third kappa shape index (κ3) is 76.1. The van der Waals surface area contributed by atoms with Crippen LogP contribution in [-0.4, -0.2) is 96.7 Å². The highest BCUT2D eigenvalue weighted by Crippen LogP contribution is 2.45. The number of hydrogen-bond donors (Lipinski definition) is 3. The van der Waals surface area contributed by atoms with Gasteiger partial charge < -0.3 is 33.8 Å². The first-order chi connectivity index (χ1) is 49.0. The first-order valence-electron chi connectivity index (χ1n) is 42.6. The second-order valence-electron chi connectivity index (χ2n) is 30.0. The van der Waals surface area contributed by atoms with E-state index in [0.29, 0.717) is 25.7 Å². The predicted molar refractivity (Wildman–Crippen MR) is 414 cm³/mol. The molecule has 0 fully saturated rings. The zero-order valence-corrected chi connectivity index (χ0v) is 67.8. The zero-order chi connectivity index (χ0) is 74.1. The van der Waals surface area contributed by atoms with Gasteiger partial charge in [-0.3, -0.25) is 37.3 Å². The van der Waals surface area contributed by atoms with E-state index in [-0.39, 0.29) is 25.7 Å². The molecule has 0 aromatic carbocycles. The predicted octanol–water partition coefficient (Wildman–Crippen LogP) is 24.8. The fourth-order valence-electron chi connectivity index (χ4n) is 12.8. The van der Waals surface area contributed by atoms with E-state index >= 15 is 0 Å². The molecule has 0 heterocycles. The van der Waals surface area contributed by atoms with E-state index in [1.807, 2.05) is 0 Å². The van der Waals surface area contributed by atoms with Gasteiger partial charge in [0, 0.05) is 25.7 Å². The molecule has 0 saturated heterocycles. The van der Waals surface area contributed by atoms with Crippen LogP contribution in [0.5, 0.6) is 0 Å². The highest BCUT2D eigenvalue weighted by Gasteiger charge is 2.30. The number of carbonyl (C=O) groups excluding carboxylic acids is 4. The summed E-state index contributed by atoms with van der Waals surface area (Å²) < 4.78 is 68.7. The summed E-state index contributed by atoms with van der Waals surface area (Å²) in [6.45, 7) is 7.35. The molecule has 0 aliphatic heterocycles. The van der Waals surface area contributed by atoms with Crippen LogP contribution < -0.4 is 0 Å². The number of unbranched alkanes of at least 4 members (excludes halogenated alkanes) is 54. The van der Waals surface area contributed by atoms with E-state index in [2.05, 4.69) is 34.6 Å². The van der Waals surface area contributed by atoms with Crippen molar-refractivity contribution in [1.82, 2.24) is 0 Å². The summed E-state index contributed by atoms with van der Waals surface area (Å²) in [5.41, 5.74) is 0. The molecule has 0 spiro atoms. The Morgan fingerprint density at radius 2 is 0.455 bits per heavy atom. The summed E-state index contributed by atoms with van der Waals surface area (Å²) in [7, 11) is -9.92. The molecule has 5 atom stereocenters. The molecule has 600 valence electrons. The molecule has 0 aromatic rings. The van der Waals surface area contributed by atoms with Crippen molar-refractivity contribution in [2.75, 3.05) is 39.6 Å². The molecule has 0 saturated carbocycles. The van der Waals surface area contributed by atoms with Crippen LogP contribution in [-0.2, 0) is 65.4 Å². The molecular formula is C82H160O17P2. The SMILES string of the molecule is CCCCCCCCCCCCCCCCCCCCCCCCC(=O)O[C@H](COC(=O)CCCCCCCCCCCCCCCCC(C)C)COP(=O)(O)OC[C@@H](O)COP(=O)(O)OC[C@@H](COC(=O)CCCCCCCCCCCC)OC(=O)CCCCCCCCCCCCCC. The molecule has 0 aromatic heterocycles. The lowest BCUT2D eigenvalue weighted by Gasteiger charge is -2.21. The average molecular weight is 1480 g/mol. The van der Waals surface area contributed by atoms with Crippen LogP contribution in [0.1, 0.15) is 439 Å². The van der Waals surface area contributed by atoms with Crippen LogP contribution in [0.2, 0.25) is 0 Å². The van der Waals surface area contributed by atoms with Crippen LogP contribution in [0.3, 0.4) is 0 Å². The minimum atomic E-state index is -4.96. The van der Waals surface area contributed by atoms with Crippen molar-refractivity contribution in [2.45, 2.75) is 457 Å². The molecule has 0 aliphatic rings. The Kier molecular flexibility index (Phi) is 73.5. The largest absolute Gasteiger partial charge is 0.472 e. The van der Waals surface area contributed by atoms with Crippen LogP contribution in [0, 0.1) is 5.92 Å². The molecule has 0 radical (unpaired) electrons. The molecule has 2 unspecified atom stereocenters. The Morgan fingerprint density at radius 1 is 0.267 bits per heavy atom. The summed E-state index contributed by atoms with van der Waals surface area (Å²) in [5.74, 6) is -1.31. The number of ether oxygens (including phenoxy) is 4. The molecule has 0 amide bonds. The van der Waals surface area contributed by atoms with Crippen molar-refractivity contribution >= 4 is 39.5 Å². The maximum absolute atomic E-state index is 13.1. The number of phosphoric ester groups is 2. The summed E-state index contributed by atoms with van der Waals surface area (Å²) in [4.78, 5) is 73.0. The van der Waals surface area contributed by atoms with E-state index in [1.54, 1.807) is 0 Å². The molecule has 0 bridgehead atoms. The lowest BCUT2D eigenvalue weighted by Crippen LogP contribution is -2.30. The third-order valence-electron chi connectivity index (χ3n) is 19.3. The lowest BCUT2D eigenvalue weighted by molar-refractivity contribution is -0.161. The van der Waals surface area contributed by atoms with Crippen molar-refractivity contribution < 1.29 is 80.2 Å². The molecule has 0 rings (SSSR count). The summed E-state index contributed by atoms with van der Waals surface area (Å²) in [6.07, 6.45) is 66.7. The van der Waals surface area contributed by atoms with Gasteiger partial charge in [-0.1, -0.05) is 388 Å². The molecule has 0 aliphatic carbocycles. The van der Waals surface area contributed by atoms with Gasteiger partial charge in [-0.15, -0.1) is 0 Å². The molecule has 101 heavy (non-hydrogen) atoms. The fourth-order valence-corrected chi connectivity index (χ4v) is 14.3. The topological polar surface area (TPSA) is 237 Å². The summed E-state index contributed by atoms with van der Waals surface area (Å²) >= 11 is 0. The van der Waals surface area contributed by atoms with Gasteiger partial charge in [-0.2, -0.15) is 0 Å². The molecular weight excluding hydrogens is 1320 g/mol. The van der Waals surface area contributed by atoms with Gasteiger partial charge in [-0.05, 0) is 31.6 Å². The Labute approximate surface area is 619 Å². The van der Waals surface area contributed by atoms with Crippen molar-refractivity contribution in [1.29, 1.82) is 0 Å². The van der Waals surface area contributed by atoms with Gasteiger partial charge in [0.1, 0.15) is 19.3 Å². The molecule has 3 N–H and O–H groups in total. The van der Waals surface area contributed by atoms with Crippen molar-refractivity contribution in [3.63, 3.8) is 0 Å². The molecule has 17 nitrogen and oxygen atoms in total. The number of aliphatic hydroxyl groups is 1. The van der Waals surface area contributed by atoms with Gasteiger partial charge >= 0.3 is 39.5 Å². The summed E-state index contributed by atoms with van der Waals surface area (Å²) in [6, 6.07) is 0. The van der Waals surface area contributed by atoms with Crippen LogP contribution >= 0.6 is 15.6 Å². The normalized spacial score (nSPS) is 13.8. The Hall–Kier alpha value is -1.94. The maximum Gasteiger partial charge on any atom is 0.472 e. The maximum atomic E-state index is 13.1. The fraction of sp³-hybridized carbons (Fsp3) is 0.951. The number of rotatable bonds is 82. The van der Waals surface area contributed by atoms with Crippen LogP contribution in [0.4, 0.5) is 0 Å². The Bertz CT molecular complexity index is 1930. The van der Waals surface area contributed by atoms with E-state index in [9.17, 15) is 43.2 Å². The number of hydrogen-bond acceptors (Lipinski definition) is 15. The second-order valence-corrected chi connectivity index (χ2v) is 32.9. The first-order valence-corrected chi connectivity index (χ1v) is 45.6. The second kappa shape index (κ2) is 74.9. The summed E-state index contributed by atoms with van der Waals surface area (Å²) in [5, 5.41) is 10.6. The van der Waals surface area contributed by atoms with E-state index < -0.39 is 97.5 Å². The minimum absolute atomic E-state index is 0.108. The molecule has 19 heteroatoms. The first kappa shape index (κ1) is 99.1. The third-order valence-corrected chi connectivity index (χ3v) is 21.2. The highest BCUT2D eigenvalue weighted by molar-refractivity contribution is 7.47. The number of carbonyl (C=O) groups is 4. The zero-order valence-electron chi connectivity index (χ0n) is 66.1.